The average molecular weight is 271 g/mol. The van der Waals surface area contributed by atoms with Crippen LogP contribution in [-0.2, 0) is 23.9 Å². The van der Waals surface area contributed by atoms with E-state index >= 15 is 0 Å². The largest absolute Gasteiger partial charge is 0.468 e. The predicted molar refractivity (Wildman–Crippen MR) is 67.2 cm³/mol. The Labute approximate surface area is 113 Å². The number of methoxy groups -OCH3 is 2. The van der Waals surface area contributed by atoms with E-state index < -0.39 is 17.4 Å². The van der Waals surface area contributed by atoms with E-state index in [1.165, 1.54) is 19.1 Å². The molecule has 1 aliphatic carbocycles. The number of carbonyl (C=O) groups is 3. The number of hydrogen-bond acceptors (Lipinski definition) is 5. The van der Waals surface area contributed by atoms with Crippen molar-refractivity contribution in [3.8, 4) is 0 Å². The molecule has 0 atom stereocenters. The third-order valence-corrected chi connectivity index (χ3v) is 3.61. The minimum atomic E-state index is -0.543. The molecule has 0 aromatic rings. The van der Waals surface area contributed by atoms with Crippen molar-refractivity contribution in [3.05, 3.63) is 0 Å². The van der Waals surface area contributed by atoms with Crippen LogP contribution < -0.4 is 0 Å². The molecule has 0 heterocycles. The van der Waals surface area contributed by atoms with E-state index in [1.54, 1.807) is 0 Å². The highest BCUT2D eigenvalue weighted by molar-refractivity contribution is 5.89. The zero-order valence-corrected chi connectivity index (χ0v) is 11.7. The van der Waals surface area contributed by atoms with Gasteiger partial charge in [-0.2, -0.15) is 0 Å². The first-order valence-electron chi connectivity index (χ1n) is 6.36. The fourth-order valence-corrected chi connectivity index (χ4v) is 2.39. The van der Waals surface area contributed by atoms with Crippen LogP contribution in [0.3, 0.4) is 0 Å². The number of nitrogens with zero attached hydrogens (tertiary/aromatic N) is 1. The van der Waals surface area contributed by atoms with Crippen LogP contribution in [0.4, 0.5) is 0 Å². The molecule has 0 aliphatic heterocycles. The quantitative estimate of drug-likeness (QED) is 0.690. The SMILES string of the molecule is COC(=O)CN(CC(=O)OC)C(=O)C1(C)CCCC1. The van der Waals surface area contributed by atoms with Crippen molar-refractivity contribution in [1.29, 1.82) is 0 Å². The third kappa shape index (κ3) is 3.94. The van der Waals surface area contributed by atoms with Crippen LogP contribution in [0, 0.1) is 5.41 Å². The summed E-state index contributed by atoms with van der Waals surface area (Å²) in [6.45, 7) is 1.43. The van der Waals surface area contributed by atoms with E-state index in [9.17, 15) is 14.4 Å². The summed E-state index contributed by atoms with van der Waals surface area (Å²) in [5.41, 5.74) is -0.484. The Morgan fingerprint density at radius 2 is 1.42 bits per heavy atom. The van der Waals surface area contributed by atoms with Crippen molar-refractivity contribution in [2.75, 3.05) is 27.3 Å². The molecule has 0 saturated heterocycles. The van der Waals surface area contributed by atoms with Gasteiger partial charge in [0.1, 0.15) is 13.1 Å². The van der Waals surface area contributed by atoms with Crippen molar-refractivity contribution in [1.82, 2.24) is 4.90 Å². The van der Waals surface area contributed by atoms with E-state index in [0.29, 0.717) is 0 Å². The summed E-state index contributed by atoms with van der Waals surface area (Å²) in [5, 5.41) is 0. The van der Waals surface area contributed by atoms with Crippen molar-refractivity contribution in [3.63, 3.8) is 0 Å². The van der Waals surface area contributed by atoms with Gasteiger partial charge < -0.3 is 14.4 Å². The van der Waals surface area contributed by atoms with Gasteiger partial charge in [-0.15, -0.1) is 0 Å². The smallest absolute Gasteiger partial charge is 0.325 e. The molecule has 0 unspecified atom stereocenters. The van der Waals surface area contributed by atoms with Crippen molar-refractivity contribution in [2.45, 2.75) is 32.6 Å². The van der Waals surface area contributed by atoms with E-state index in [0.717, 1.165) is 25.7 Å². The molecule has 1 amide bonds. The Morgan fingerprint density at radius 3 is 1.79 bits per heavy atom. The maximum absolute atomic E-state index is 12.5. The zero-order valence-electron chi connectivity index (χ0n) is 11.7. The molecule has 0 aromatic carbocycles. The molecule has 1 fully saturated rings. The fraction of sp³-hybridized carbons (Fsp3) is 0.769. The van der Waals surface area contributed by atoms with E-state index in [2.05, 4.69) is 9.47 Å². The first kappa shape index (κ1) is 15.5. The van der Waals surface area contributed by atoms with Gasteiger partial charge in [0.05, 0.1) is 14.2 Å². The van der Waals surface area contributed by atoms with Gasteiger partial charge in [0.25, 0.3) is 0 Å². The molecule has 1 aliphatic rings. The molecule has 0 N–H and O–H groups in total. The molecule has 0 aromatic heterocycles. The van der Waals surface area contributed by atoms with Crippen molar-refractivity contribution < 1.29 is 23.9 Å². The molecule has 1 saturated carbocycles. The first-order chi connectivity index (χ1) is 8.92. The lowest BCUT2D eigenvalue weighted by atomic mass is 9.87. The fourth-order valence-electron chi connectivity index (χ4n) is 2.39. The lowest BCUT2D eigenvalue weighted by Gasteiger charge is -2.30. The van der Waals surface area contributed by atoms with Gasteiger partial charge in [-0.1, -0.05) is 19.8 Å². The summed E-state index contributed by atoms with van der Waals surface area (Å²) in [5.74, 6) is -1.27. The van der Waals surface area contributed by atoms with Gasteiger partial charge in [0.2, 0.25) is 5.91 Å². The Balaban J connectivity index is 2.79. The van der Waals surface area contributed by atoms with Gasteiger partial charge in [0.15, 0.2) is 0 Å². The molecule has 6 nitrogen and oxygen atoms in total. The summed E-state index contributed by atoms with van der Waals surface area (Å²) in [6, 6.07) is 0. The second-order valence-corrected chi connectivity index (χ2v) is 5.08. The Hall–Kier alpha value is -1.59. The lowest BCUT2D eigenvalue weighted by Crippen LogP contribution is -2.46. The molecule has 0 radical (unpaired) electrons. The minimum absolute atomic E-state index is 0.180. The maximum atomic E-state index is 12.5. The molecule has 6 heteroatoms. The topological polar surface area (TPSA) is 72.9 Å². The Morgan fingerprint density at radius 1 is 1.00 bits per heavy atom. The summed E-state index contributed by atoms with van der Waals surface area (Å²) in [7, 11) is 2.50. The molecule has 1 rings (SSSR count). The molecule has 0 spiro atoms. The van der Waals surface area contributed by atoms with Gasteiger partial charge in [-0.05, 0) is 12.8 Å². The monoisotopic (exact) mass is 271 g/mol. The summed E-state index contributed by atoms with van der Waals surface area (Å²) in [6.07, 6.45) is 3.55. The average Bonchev–Trinajstić information content (AvgIpc) is 2.84. The summed E-state index contributed by atoms with van der Waals surface area (Å²) < 4.78 is 9.11. The number of ether oxygens (including phenoxy) is 2. The van der Waals surface area contributed by atoms with Crippen molar-refractivity contribution in [2.24, 2.45) is 5.41 Å². The van der Waals surface area contributed by atoms with Gasteiger partial charge >= 0.3 is 11.9 Å². The molecule has 108 valence electrons. The normalized spacial score (nSPS) is 16.8. The van der Waals surface area contributed by atoms with E-state index in [1.807, 2.05) is 6.92 Å². The molecule has 19 heavy (non-hydrogen) atoms. The number of amides is 1. The molecular formula is C13H21NO5. The van der Waals surface area contributed by atoms with Crippen LogP contribution in [-0.4, -0.2) is 50.1 Å². The van der Waals surface area contributed by atoms with Crippen LogP contribution in [0.2, 0.25) is 0 Å². The highest BCUT2D eigenvalue weighted by Crippen LogP contribution is 2.39. The van der Waals surface area contributed by atoms with E-state index in [4.69, 9.17) is 0 Å². The Bertz CT molecular complexity index is 342. The second-order valence-electron chi connectivity index (χ2n) is 5.08. The second kappa shape index (κ2) is 6.54. The maximum Gasteiger partial charge on any atom is 0.325 e. The standard InChI is InChI=1S/C13H21NO5/c1-13(6-4-5-7-13)12(17)14(8-10(15)18-2)9-11(16)19-3/h4-9H2,1-3H3. The lowest BCUT2D eigenvalue weighted by molar-refractivity contribution is -0.156. The zero-order chi connectivity index (χ0) is 14.5. The molecule has 0 bridgehead atoms. The number of esters is 2. The number of rotatable bonds is 5. The number of carbonyl (C=O) groups excluding carboxylic acids is 3. The first-order valence-corrected chi connectivity index (χ1v) is 6.36. The van der Waals surface area contributed by atoms with Crippen molar-refractivity contribution >= 4 is 17.8 Å². The van der Waals surface area contributed by atoms with Gasteiger partial charge in [-0.3, -0.25) is 14.4 Å². The Kier molecular flexibility index (Phi) is 5.32. The minimum Gasteiger partial charge on any atom is -0.468 e. The van der Waals surface area contributed by atoms with Crippen LogP contribution >= 0.6 is 0 Å². The summed E-state index contributed by atoms with van der Waals surface area (Å²) in [4.78, 5) is 36.4. The number of hydrogen-bond donors (Lipinski definition) is 0. The third-order valence-electron chi connectivity index (χ3n) is 3.61. The van der Waals surface area contributed by atoms with Crippen LogP contribution in [0.15, 0.2) is 0 Å². The van der Waals surface area contributed by atoms with Crippen LogP contribution in [0.1, 0.15) is 32.6 Å². The highest BCUT2D eigenvalue weighted by Gasteiger charge is 2.40. The highest BCUT2D eigenvalue weighted by atomic mass is 16.5. The van der Waals surface area contributed by atoms with Crippen LogP contribution in [0.5, 0.6) is 0 Å². The van der Waals surface area contributed by atoms with Gasteiger partial charge in [-0.25, -0.2) is 0 Å². The van der Waals surface area contributed by atoms with E-state index in [-0.39, 0.29) is 19.0 Å². The molecular weight excluding hydrogens is 250 g/mol. The van der Waals surface area contributed by atoms with Gasteiger partial charge in [0, 0.05) is 5.41 Å². The van der Waals surface area contributed by atoms with Crippen LogP contribution in [0.25, 0.3) is 0 Å². The summed E-state index contributed by atoms with van der Waals surface area (Å²) >= 11 is 0. The predicted octanol–water partition coefficient (Wildman–Crippen LogP) is 0.741.